The van der Waals surface area contributed by atoms with Gasteiger partial charge < -0.3 is 0 Å². The first-order valence-corrected chi connectivity index (χ1v) is 11.2. The van der Waals surface area contributed by atoms with Gasteiger partial charge in [0, 0.05) is 5.41 Å². The summed E-state index contributed by atoms with van der Waals surface area (Å²) in [5, 5.41) is 0. The van der Waals surface area contributed by atoms with Gasteiger partial charge in [0.2, 0.25) is 0 Å². The zero-order chi connectivity index (χ0) is 22.3. The molecule has 0 heteroatoms. The van der Waals surface area contributed by atoms with Crippen LogP contribution in [0, 0.1) is 41.5 Å². The van der Waals surface area contributed by atoms with Crippen molar-refractivity contribution in [1.29, 1.82) is 0 Å². The average Bonchev–Trinajstić information content (AvgIpc) is 2.67. The molecule has 0 fully saturated rings. The van der Waals surface area contributed by atoms with E-state index in [0.717, 1.165) is 6.42 Å². The van der Waals surface area contributed by atoms with Gasteiger partial charge in [0.25, 0.3) is 0 Å². The molecule has 0 aliphatic rings. The van der Waals surface area contributed by atoms with Crippen molar-refractivity contribution in [3.63, 3.8) is 0 Å². The van der Waals surface area contributed by atoms with Crippen LogP contribution < -0.4 is 0 Å². The third-order valence-corrected chi connectivity index (χ3v) is 7.37. The summed E-state index contributed by atoms with van der Waals surface area (Å²) in [5.74, 6) is 0. The summed E-state index contributed by atoms with van der Waals surface area (Å²) in [5.41, 5.74) is 12.4. The van der Waals surface area contributed by atoms with Gasteiger partial charge in [-0.25, -0.2) is 0 Å². The quantitative estimate of drug-likeness (QED) is 0.406. The molecule has 3 aromatic rings. The summed E-state index contributed by atoms with van der Waals surface area (Å²) in [7, 11) is 0. The van der Waals surface area contributed by atoms with Gasteiger partial charge in [-0.15, -0.1) is 0 Å². The van der Waals surface area contributed by atoms with Gasteiger partial charge in [0.05, 0.1) is 0 Å². The summed E-state index contributed by atoms with van der Waals surface area (Å²) in [6, 6.07) is 21.0. The topological polar surface area (TPSA) is 0 Å². The number of hydrogen-bond acceptors (Lipinski definition) is 0. The Labute approximate surface area is 184 Å². The van der Waals surface area contributed by atoms with E-state index in [1.807, 2.05) is 0 Å². The minimum absolute atomic E-state index is 0.0464. The van der Waals surface area contributed by atoms with Crippen LogP contribution in [0.1, 0.15) is 77.3 Å². The fourth-order valence-corrected chi connectivity index (χ4v) is 4.69. The lowest BCUT2D eigenvalue weighted by atomic mass is 9.64. The largest absolute Gasteiger partial charge is 0.0588 e. The molecule has 0 atom stereocenters. The van der Waals surface area contributed by atoms with E-state index in [1.54, 1.807) is 0 Å². The van der Waals surface area contributed by atoms with E-state index in [4.69, 9.17) is 0 Å². The van der Waals surface area contributed by atoms with Crippen LogP contribution in [0.5, 0.6) is 0 Å². The molecule has 30 heavy (non-hydrogen) atoms. The molecular weight excluding hydrogens is 360 g/mol. The fraction of sp³-hybridized carbons (Fsp3) is 0.400. The van der Waals surface area contributed by atoms with E-state index in [1.165, 1.54) is 50.1 Å². The molecule has 3 aromatic carbocycles. The van der Waals surface area contributed by atoms with Crippen LogP contribution >= 0.6 is 0 Å². The summed E-state index contributed by atoms with van der Waals surface area (Å²) in [4.78, 5) is 0. The summed E-state index contributed by atoms with van der Waals surface area (Å²) in [6.45, 7) is 20.5. The molecule has 0 amide bonds. The minimum atomic E-state index is -0.0702. The molecule has 0 spiro atoms. The Hall–Kier alpha value is -2.34. The molecule has 0 heterocycles. The molecule has 0 aliphatic heterocycles. The van der Waals surface area contributed by atoms with Crippen LogP contribution in [0.3, 0.4) is 0 Å². The summed E-state index contributed by atoms with van der Waals surface area (Å²) in [6.07, 6.45) is 1.05. The molecule has 0 aromatic heterocycles. The highest BCUT2D eigenvalue weighted by molar-refractivity contribution is 5.46. The maximum absolute atomic E-state index is 2.43. The van der Waals surface area contributed by atoms with Crippen LogP contribution in [-0.4, -0.2) is 0 Å². The standard InChI is InChI=1S/C30H38/c1-20-10-13-26(16-23(20)4)29(7,8)19-30(9,27-14-11-21(2)24(5)17-27)28-15-12-22(3)25(6)18-28/h10-18H,19H2,1-9H3. The van der Waals surface area contributed by atoms with Gasteiger partial charge in [-0.2, -0.15) is 0 Å². The predicted octanol–water partition coefficient (Wildman–Crippen LogP) is 8.21. The normalized spacial score (nSPS) is 12.3. The number of rotatable bonds is 5. The van der Waals surface area contributed by atoms with Gasteiger partial charge in [-0.05, 0) is 103 Å². The Morgan fingerprint density at radius 3 is 1.17 bits per heavy atom. The molecule has 0 aliphatic carbocycles. The third-order valence-electron chi connectivity index (χ3n) is 7.37. The van der Waals surface area contributed by atoms with Gasteiger partial charge >= 0.3 is 0 Å². The first-order valence-electron chi connectivity index (χ1n) is 11.2. The van der Waals surface area contributed by atoms with Crippen LogP contribution in [0.25, 0.3) is 0 Å². The number of benzene rings is 3. The Balaban J connectivity index is 2.16. The molecule has 0 N–H and O–H groups in total. The van der Waals surface area contributed by atoms with Crippen molar-refractivity contribution in [2.24, 2.45) is 0 Å². The van der Waals surface area contributed by atoms with Crippen molar-refractivity contribution >= 4 is 0 Å². The lowest BCUT2D eigenvalue weighted by molar-refractivity contribution is 0.369. The molecule has 0 saturated heterocycles. The zero-order valence-corrected chi connectivity index (χ0v) is 20.4. The van der Waals surface area contributed by atoms with Gasteiger partial charge in [-0.1, -0.05) is 75.4 Å². The number of hydrogen-bond donors (Lipinski definition) is 0. The van der Waals surface area contributed by atoms with Crippen LogP contribution in [0.2, 0.25) is 0 Å². The number of aryl methyl sites for hydroxylation is 6. The molecule has 0 saturated carbocycles. The van der Waals surface area contributed by atoms with Crippen molar-refractivity contribution in [2.75, 3.05) is 0 Å². The van der Waals surface area contributed by atoms with Gasteiger partial charge in [0.15, 0.2) is 0 Å². The first kappa shape index (κ1) is 22.3. The molecular formula is C30H38. The van der Waals surface area contributed by atoms with Crippen molar-refractivity contribution in [2.45, 2.75) is 79.6 Å². The molecule has 3 rings (SSSR count). The fourth-order valence-electron chi connectivity index (χ4n) is 4.69. The molecule has 0 radical (unpaired) electrons. The third kappa shape index (κ3) is 4.24. The van der Waals surface area contributed by atoms with Crippen molar-refractivity contribution in [1.82, 2.24) is 0 Å². The highest BCUT2D eigenvalue weighted by Gasteiger charge is 2.37. The first-order chi connectivity index (χ1) is 13.9. The van der Waals surface area contributed by atoms with E-state index in [-0.39, 0.29) is 10.8 Å². The minimum Gasteiger partial charge on any atom is -0.0588 e. The lowest BCUT2D eigenvalue weighted by Gasteiger charge is -2.40. The van der Waals surface area contributed by atoms with Crippen LogP contribution in [0.15, 0.2) is 54.6 Å². The van der Waals surface area contributed by atoms with Crippen molar-refractivity contribution < 1.29 is 0 Å². The second-order valence-electron chi connectivity index (χ2n) is 10.3. The SMILES string of the molecule is Cc1ccc(C(C)(C)CC(C)(c2ccc(C)c(C)c2)c2ccc(C)c(C)c2)cc1C. The smallest absolute Gasteiger partial charge is 0.0183 e. The summed E-state index contributed by atoms with van der Waals surface area (Å²) >= 11 is 0. The summed E-state index contributed by atoms with van der Waals surface area (Å²) < 4.78 is 0. The second kappa shape index (κ2) is 8.06. The highest BCUT2D eigenvalue weighted by Crippen LogP contribution is 2.44. The Morgan fingerprint density at radius 1 is 0.467 bits per heavy atom. The zero-order valence-electron chi connectivity index (χ0n) is 20.4. The van der Waals surface area contributed by atoms with Gasteiger partial charge in [-0.3, -0.25) is 0 Å². The Morgan fingerprint density at radius 2 is 0.800 bits per heavy atom. The van der Waals surface area contributed by atoms with E-state index >= 15 is 0 Å². The molecule has 0 unspecified atom stereocenters. The second-order valence-corrected chi connectivity index (χ2v) is 10.3. The Kier molecular flexibility index (Phi) is 6.01. The Bertz CT molecular complexity index is 1010. The maximum Gasteiger partial charge on any atom is 0.0183 e. The van der Waals surface area contributed by atoms with Crippen LogP contribution in [0.4, 0.5) is 0 Å². The average molecular weight is 399 g/mol. The monoisotopic (exact) mass is 398 g/mol. The van der Waals surface area contributed by atoms with Crippen molar-refractivity contribution in [3.8, 4) is 0 Å². The maximum atomic E-state index is 2.43. The molecule has 0 bridgehead atoms. The van der Waals surface area contributed by atoms with E-state index in [2.05, 4.69) is 117 Å². The highest BCUT2D eigenvalue weighted by atomic mass is 14.4. The van der Waals surface area contributed by atoms with E-state index < -0.39 is 0 Å². The lowest BCUT2D eigenvalue weighted by Crippen LogP contribution is -2.33. The molecule has 158 valence electrons. The van der Waals surface area contributed by atoms with E-state index in [0.29, 0.717) is 0 Å². The predicted molar refractivity (Wildman–Crippen MR) is 132 cm³/mol. The van der Waals surface area contributed by atoms with Gasteiger partial charge in [0.1, 0.15) is 0 Å². The van der Waals surface area contributed by atoms with E-state index in [9.17, 15) is 0 Å². The molecule has 0 nitrogen and oxygen atoms in total. The van der Waals surface area contributed by atoms with Crippen LogP contribution in [-0.2, 0) is 10.8 Å². The van der Waals surface area contributed by atoms with Crippen molar-refractivity contribution in [3.05, 3.63) is 105 Å².